The van der Waals surface area contributed by atoms with Crippen LogP contribution in [0.1, 0.15) is 40.5 Å². The topological polar surface area (TPSA) is 65.3 Å². The van der Waals surface area contributed by atoms with E-state index in [1.807, 2.05) is 20.8 Å². The van der Waals surface area contributed by atoms with Gasteiger partial charge in [-0.15, -0.1) is 0 Å². The normalized spacial score (nSPS) is 13.7. The van der Waals surface area contributed by atoms with Crippen LogP contribution in [0, 0.1) is 17.2 Å². The largest absolute Gasteiger partial charge is 0.340 e. The van der Waals surface area contributed by atoms with Crippen LogP contribution in [0.5, 0.6) is 0 Å². The molecular weight excluding hydrogens is 202 g/mol. The Morgan fingerprint density at radius 2 is 2.06 bits per heavy atom. The fourth-order valence-electron chi connectivity index (χ4n) is 1.37. The van der Waals surface area contributed by atoms with Gasteiger partial charge in [0.2, 0.25) is 0 Å². The molecular formula is C12H23N3O. The van der Waals surface area contributed by atoms with Gasteiger partial charge in [0.25, 0.3) is 0 Å². The van der Waals surface area contributed by atoms with Gasteiger partial charge in [-0.25, -0.2) is 9.79 Å². The monoisotopic (exact) mass is 225 g/mol. The average molecular weight is 225 g/mol. The number of rotatable bonds is 6. The Morgan fingerprint density at radius 1 is 1.44 bits per heavy atom. The molecule has 0 bridgehead atoms. The summed E-state index contributed by atoms with van der Waals surface area (Å²) in [5.41, 5.74) is 0.768. The van der Waals surface area contributed by atoms with Crippen molar-refractivity contribution in [3.63, 3.8) is 0 Å². The van der Waals surface area contributed by atoms with Crippen LogP contribution in [0.3, 0.4) is 0 Å². The van der Waals surface area contributed by atoms with Gasteiger partial charge >= 0.3 is 6.03 Å². The lowest BCUT2D eigenvalue weighted by molar-refractivity contribution is 0.249. The van der Waals surface area contributed by atoms with Crippen molar-refractivity contribution in [3.8, 4) is 0 Å². The van der Waals surface area contributed by atoms with Gasteiger partial charge in [-0.05, 0) is 12.3 Å². The van der Waals surface area contributed by atoms with Gasteiger partial charge in [-0.3, -0.25) is 0 Å². The number of nitrogens with one attached hydrogen (secondary N) is 2. The summed E-state index contributed by atoms with van der Waals surface area (Å²) >= 11 is 0. The molecule has 0 aliphatic heterocycles. The van der Waals surface area contributed by atoms with Crippen LogP contribution in [0.25, 0.3) is 0 Å². The van der Waals surface area contributed by atoms with Crippen molar-refractivity contribution in [2.75, 3.05) is 6.54 Å². The highest BCUT2D eigenvalue weighted by molar-refractivity contribution is 6.04. The van der Waals surface area contributed by atoms with Gasteiger partial charge in [-0.2, -0.15) is 0 Å². The first-order valence-electron chi connectivity index (χ1n) is 5.89. The van der Waals surface area contributed by atoms with Crippen LogP contribution in [-0.2, 0) is 0 Å². The molecule has 0 saturated carbocycles. The minimum absolute atomic E-state index is 0.0723. The zero-order chi connectivity index (χ0) is 12.6. The Hall–Kier alpha value is -1.19. The van der Waals surface area contributed by atoms with Gasteiger partial charge in [0, 0.05) is 24.4 Å². The van der Waals surface area contributed by atoms with Crippen LogP contribution in [0.4, 0.5) is 4.79 Å². The molecule has 16 heavy (non-hydrogen) atoms. The van der Waals surface area contributed by atoms with Gasteiger partial charge in [0.15, 0.2) is 0 Å². The summed E-state index contributed by atoms with van der Waals surface area (Å²) in [6, 6.07) is -0.286. The summed E-state index contributed by atoms with van der Waals surface area (Å²) in [5.74, 6) is 0.116. The van der Waals surface area contributed by atoms with Gasteiger partial charge in [0.05, 0.1) is 0 Å². The maximum atomic E-state index is 11.5. The number of nitrogens with zero attached hydrogens (tertiary/aromatic N) is 1. The van der Waals surface area contributed by atoms with Crippen molar-refractivity contribution < 1.29 is 4.79 Å². The third kappa shape index (κ3) is 5.63. The highest BCUT2D eigenvalue weighted by Gasteiger charge is 2.13. The van der Waals surface area contributed by atoms with E-state index in [0.717, 1.165) is 18.6 Å². The zero-order valence-electron chi connectivity index (χ0n) is 10.7. The summed E-state index contributed by atoms with van der Waals surface area (Å²) in [5, 5.41) is 9.95. The Bertz CT molecular complexity index is 259. The predicted octanol–water partition coefficient (Wildman–Crippen LogP) is 2.88. The molecule has 0 heterocycles. The standard InChI is InChI=1S/C12H23N3O/c1-5-6-7-14-12(16)15-11(9(2)3)10(4)8-13/h8-10,13H,5-7H2,1-4H3,(H,14,16). The lowest BCUT2D eigenvalue weighted by Crippen LogP contribution is -2.26. The average Bonchev–Trinajstić information content (AvgIpc) is 2.25. The number of aliphatic imine (C=N–C) groups is 1. The smallest absolute Gasteiger partial charge is 0.336 e. The molecule has 0 aromatic heterocycles. The van der Waals surface area contributed by atoms with E-state index >= 15 is 0 Å². The molecule has 0 rings (SSSR count). The molecule has 0 saturated heterocycles. The SMILES string of the molecule is CCCCNC(=O)N=C(C(C)C)C(C)C=N. The van der Waals surface area contributed by atoms with Crippen molar-refractivity contribution in [2.45, 2.75) is 40.5 Å². The fraction of sp³-hybridized carbons (Fsp3) is 0.750. The van der Waals surface area contributed by atoms with E-state index in [4.69, 9.17) is 5.41 Å². The summed E-state index contributed by atoms with van der Waals surface area (Å²) < 4.78 is 0. The van der Waals surface area contributed by atoms with Crippen molar-refractivity contribution in [2.24, 2.45) is 16.8 Å². The molecule has 92 valence electrons. The molecule has 1 atom stereocenters. The van der Waals surface area contributed by atoms with E-state index in [0.29, 0.717) is 6.54 Å². The Labute approximate surface area is 98.0 Å². The van der Waals surface area contributed by atoms with Crippen molar-refractivity contribution in [1.29, 1.82) is 5.41 Å². The van der Waals surface area contributed by atoms with Crippen LogP contribution in [0.15, 0.2) is 4.99 Å². The number of carbonyl (C=O) groups excluding carboxylic acids is 1. The van der Waals surface area contributed by atoms with Crippen LogP contribution >= 0.6 is 0 Å². The van der Waals surface area contributed by atoms with Crippen molar-refractivity contribution in [1.82, 2.24) is 5.32 Å². The fourth-order valence-corrected chi connectivity index (χ4v) is 1.37. The Balaban J connectivity index is 4.42. The molecule has 0 aromatic rings. The zero-order valence-corrected chi connectivity index (χ0v) is 10.7. The second-order valence-corrected chi connectivity index (χ2v) is 4.23. The van der Waals surface area contributed by atoms with Crippen molar-refractivity contribution >= 4 is 18.0 Å². The highest BCUT2D eigenvalue weighted by Crippen LogP contribution is 2.07. The maximum Gasteiger partial charge on any atom is 0.340 e. The second kappa shape index (κ2) is 8.02. The maximum absolute atomic E-state index is 11.5. The summed E-state index contributed by atoms with van der Waals surface area (Å²) in [6.07, 6.45) is 3.34. The second-order valence-electron chi connectivity index (χ2n) is 4.23. The number of amides is 2. The molecule has 4 heteroatoms. The molecule has 0 spiro atoms. The third-order valence-electron chi connectivity index (χ3n) is 2.35. The first-order chi connectivity index (χ1) is 7.52. The van der Waals surface area contributed by atoms with Gasteiger partial charge in [0.1, 0.15) is 0 Å². The van der Waals surface area contributed by atoms with E-state index in [2.05, 4.69) is 17.2 Å². The molecule has 0 aliphatic rings. The van der Waals surface area contributed by atoms with Crippen LogP contribution < -0.4 is 5.32 Å². The number of hydrogen-bond acceptors (Lipinski definition) is 2. The number of hydrogen-bond donors (Lipinski definition) is 2. The molecule has 2 N–H and O–H groups in total. The summed E-state index contributed by atoms with van der Waals surface area (Å²) in [7, 11) is 0. The lowest BCUT2D eigenvalue weighted by atomic mass is 9.97. The minimum atomic E-state index is -0.286. The highest BCUT2D eigenvalue weighted by atomic mass is 16.2. The van der Waals surface area contributed by atoms with E-state index in [1.165, 1.54) is 6.21 Å². The Kier molecular flexibility index (Phi) is 7.42. The summed E-state index contributed by atoms with van der Waals surface area (Å²) in [4.78, 5) is 15.5. The van der Waals surface area contributed by atoms with Crippen LogP contribution in [-0.4, -0.2) is 24.5 Å². The Morgan fingerprint density at radius 3 is 2.50 bits per heavy atom. The lowest BCUT2D eigenvalue weighted by Gasteiger charge is -2.13. The van der Waals surface area contributed by atoms with E-state index in [1.54, 1.807) is 0 Å². The molecule has 1 unspecified atom stereocenters. The molecule has 0 aliphatic carbocycles. The molecule has 0 aromatic carbocycles. The quantitative estimate of drug-likeness (QED) is 0.530. The summed E-state index contributed by atoms with van der Waals surface area (Å²) in [6.45, 7) is 8.59. The number of carbonyl (C=O) groups is 1. The first-order valence-corrected chi connectivity index (χ1v) is 5.89. The molecule has 2 amide bonds. The predicted molar refractivity (Wildman–Crippen MR) is 68.5 cm³/mol. The number of unbranched alkanes of at least 4 members (excludes halogenated alkanes) is 1. The first kappa shape index (κ1) is 14.8. The third-order valence-corrected chi connectivity index (χ3v) is 2.35. The van der Waals surface area contributed by atoms with Gasteiger partial charge in [-0.1, -0.05) is 34.1 Å². The molecule has 0 fully saturated rings. The minimum Gasteiger partial charge on any atom is -0.336 e. The molecule has 4 nitrogen and oxygen atoms in total. The van der Waals surface area contributed by atoms with E-state index in [-0.39, 0.29) is 17.9 Å². The van der Waals surface area contributed by atoms with Crippen molar-refractivity contribution in [3.05, 3.63) is 0 Å². The van der Waals surface area contributed by atoms with Crippen LogP contribution in [0.2, 0.25) is 0 Å². The van der Waals surface area contributed by atoms with E-state index < -0.39 is 0 Å². The van der Waals surface area contributed by atoms with E-state index in [9.17, 15) is 4.79 Å². The van der Waals surface area contributed by atoms with Gasteiger partial charge < -0.3 is 10.7 Å². The number of urea groups is 1. The molecule has 0 radical (unpaired) electrons.